The van der Waals surface area contributed by atoms with Crippen molar-refractivity contribution >= 4 is 0 Å². The zero-order valence-electron chi connectivity index (χ0n) is 14.0. The second kappa shape index (κ2) is 4.93. The highest BCUT2D eigenvalue weighted by molar-refractivity contribution is 5.17. The Morgan fingerprint density at radius 3 is 2.43 bits per heavy atom. The summed E-state index contributed by atoms with van der Waals surface area (Å²) in [7, 11) is 0. The minimum Gasteiger partial charge on any atom is -0.237 e. The fourth-order valence-corrected chi connectivity index (χ4v) is 7.02. The minimum absolute atomic E-state index is 0.00300. The molecular weight excluding hydrogens is 297 g/mol. The number of hydrogen-bond donors (Lipinski definition) is 0. The van der Waals surface area contributed by atoms with Crippen LogP contribution in [0.3, 0.4) is 0 Å². The van der Waals surface area contributed by atoms with E-state index >= 15 is 4.39 Å². The van der Waals surface area contributed by atoms with Gasteiger partial charge in [-0.1, -0.05) is 19.8 Å². The summed E-state index contributed by atoms with van der Waals surface area (Å²) >= 11 is 0. The zero-order chi connectivity index (χ0) is 16.5. The van der Waals surface area contributed by atoms with Gasteiger partial charge in [-0.3, -0.25) is 0 Å². The lowest BCUT2D eigenvalue weighted by Crippen LogP contribution is -2.62. The number of rotatable bonds is 0. The minimum atomic E-state index is -3.16. The number of alkyl halides is 3. The molecule has 0 saturated heterocycles. The van der Waals surface area contributed by atoms with Gasteiger partial charge >= 0.3 is 0 Å². The molecule has 128 valence electrons. The summed E-state index contributed by atoms with van der Waals surface area (Å²) < 4.78 is 45.0. The molecule has 4 saturated carbocycles. The molecule has 0 aromatic rings. The van der Waals surface area contributed by atoms with E-state index in [0.717, 1.165) is 32.1 Å². The molecule has 0 N–H and O–H groups in total. The molecule has 0 amide bonds. The topological polar surface area (TPSA) is 0 Å². The van der Waals surface area contributed by atoms with E-state index in [4.69, 9.17) is 6.42 Å². The van der Waals surface area contributed by atoms with Crippen molar-refractivity contribution in [2.24, 2.45) is 35.0 Å². The maximum absolute atomic E-state index is 15.4. The van der Waals surface area contributed by atoms with Gasteiger partial charge in [0.1, 0.15) is 0 Å². The maximum atomic E-state index is 15.4. The van der Waals surface area contributed by atoms with Crippen LogP contribution in [-0.2, 0) is 0 Å². The fourth-order valence-electron chi connectivity index (χ4n) is 7.02. The van der Waals surface area contributed by atoms with Crippen LogP contribution in [0.4, 0.5) is 13.2 Å². The normalized spacial score (nSPS) is 54.5. The summed E-state index contributed by atoms with van der Waals surface area (Å²) in [5.74, 6) is -0.0786. The van der Waals surface area contributed by atoms with Crippen LogP contribution in [-0.4, -0.2) is 11.6 Å². The Morgan fingerprint density at radius 1 is 0.913 bits per heavy atom. The van der Waals surface area contributed by atoms with Crippen molar-refractivity contribution in [2.45, 2.75) is 76.3 Å². The van der Waals surface area contributed by atoms with Gasteiger partial charge in [-0.05, 0) is 61.7 Å². The Bertz CT molecular complexity index is 535. The van der Waals surface area contributed by atoms with Crippen molar-refractivity contribution in [2.75, 3.05) is 0 Å². The third-order valence-electron chi connectivity index (χ3n) is 8.20. The molecule has 23 heavy (non-hydrogen) atoms. The van der Waals surface area contributed by atoms with Gasteiger partial charge in [0.15, 0.2) is 5.67 Å². The summed E-state index contributed by atoms with van der Waals surface area (Å²) in [5, 5.41) is 0. The van der Waals surface area contributed by atoms with Crippen LogP contribution in [0.1, 0.15) is 64.7 Å². The first-order valence-corrected chi connectivity index (χ1v) is 9.36. The Kier molecular flexibility index (Phi) is 3.40. The molecule has 0 heterocycles. The predicted molar refractivity (Wildman–Crippen MR) is 84.7 cm³/mol. The summed E-state index contributed by atoms with van der Waals surface area (Å²) in [6.45, 7) is 2.21. The van der Waals surface area contributed by atoms with Crippen molar-refractivity contribution in [3.63, 3.8) is 0 Å². The van der Waals surface area contributed by atoms with Crippen LogP contribution >= 0.6 is 0 Å². The molecule has 0 unspecified atom stereocenters. The van der Waals surface area contributed by atoms with E-state index in [2.05, 4.69) is 12.8 Å². The van der Waals surface area contributed by atoms with Gasteiger partial charge in [-0.2, -0.15) is 0 Å². The number of terminal acetylenes is 1. The standard InChI is InChI=1S/C20H27F3/c1-3-13-7-8-16-15-12-20(22,23)19(21)10-5-4-6-17(19)14(15)9-11-18(13,16)2/h1,13-17H,4-12H2,2H3/t13-,14+,15-,16+,17-,18-,19-/m1/s1. The summed E-state index contributed by atoms with van der Waals surface area (Å²) in [6.07, 6.45) is 11.5. The monoisotopic (exact) mass is 324 g/mol. The molecule has 0 aliphatic heterocycles. The van der Waals surface area contributed by atoms with Crippen molar-refractivity contribution in [1.29, 1.82) is 0 Å². The van der Waals surface area contributed by atoms with Crippen LogP contribution in [0.5, 0.6) is 0 Å². The van der Waals surface area contributed by atoms with Gasteiger partial charge in [0.05, 0.1) is 0 Å². The van der Waals surface area contributed by atoms with Gasteiger partial charge in [0.2, 0.25) is 0 Å². The van der Waals surface area contributed by atoms with Crippen LogP contribution in [0.15, 0.2) is 0 Å². The molecular formula is C20H27F3. The van der Waals surface area contributed by atoms with Gasteiger partial charge in [0.25, 0.3) is 5.92 Å². The maximum Gasteiger partial charge on any atom is 0.282 e. The highest BCUT2D eigenvalue weighted by atomic mass is 19.3. The van der Waals surface area contributed by atoms with Crippen LogP contribution in [0.2, 0.25) is 0 Å². The lowest BCUT2D eigenvalue weighted by atomic mass is 9.48. The number of hydrogen-bond acceptors (Lipinski definition) is 0. The first kappa shape index (κ1) is 15.9. The van der Waals surface area contributed by atoms with Crippen molar-refractivity contribution < 1.29 is 13.2 Å². The molecule has 4 aliphatic carbocycles. The van der Waals surface area contributed by atoms with Gasteiger partial charge in [0, 0.05) is 18.3 Å². The highest BCUT2D eigenvalue weighted by Crippen LogP contribution is 2.67. The second-order valence-corrected chi connectivity index (χ2v) is 8.90. The fraction of sp³-hybridized carbons (Fsp3) is 0.900. The van der Waals surface area contributed by atoms with E-state index in [1.807, 2.05) is 0 Å². The molecule has 7 atom stereocenters. The molecule has 0 nitrogen and oxygen atoms in total. The lowest BCUT2D eigenvalue weighted by molar-refractivity contribution is -0.248. The molecule has 4 aliphatic rings. The SMILES string of the molecule is C#C[C@@H]1CC[C@H]2[C@@H]3CC(F)(F)[C@@]4(F)CCCC[C@@H]4[C@H]3CC[C@]12C. The van der Waals surface area contributed by atoms with E-state index in [9.17, 15) is 8.78 Å². The van der Waals surface area contributed by atoms with Gasteiger partial charge in [-0.25, -0.2) is 13.2 Å². The van der Waals surface area contributed by atoms with Crippen molar-refractivity contribution in [1.82, 2.24) is 0 Å². The van der Waals surface area contributed by atoms with E-state index in [0.29, 0.717) is 12.8 Å². The quantitative estimate of drug-likeness (QED) is 0.508. The van der Waals surface area contributed by atoms with Crippen LogP contribution < -0.4 is 0 Å². The molecule has 4 fully saturated rings. The Balaban J connectivity index is 1.70. The smallest absolute Gasteiger partial charge is 0.237 e. The summed E-state index contributed by atoms with van der Waals surface area (Å²) in [4.78, 5) is 0. The van der Waals surface area contributed by atoms with E-state index in [1.54, 1.807) is 0 Å². The molecule has 4 rings (SSSR count). The Labute approximate surface area is 137 Å². The largest absolute Gasteiger partial charge is 0.282 e. The van der Waals surface area contributed by atoms with Crippen LogP contribution in [0, 0.1) is 47.3 Å². The molecule has 0 spiro atoms. The Morgan fingerprint density at radius 2 is 1.70 bits per heavy atom. The molecule has 0 aromatic heterocycles. The average Bonchev–Trinajstić information content (AvgIpc) is 2.84. The first-order chi connectivity index (χ1) is 10.8. The molecule has 0 radical (unpaired) electrons. The Hall–Kier alpha value is -0.650. The van der Waals surface area contributed by atoms with Crippen LogP contribution in [0.25, 0.3) is 0 Å². The lowest BCUT2D eigenvalue weighted by Gasteiger charge is -2.59. The third-order valence-corrected chi connectivity index (χ3v) is 8.20. The van der Waals surface area contributed by atoms with Crippen molar-refractivity contribution in [3.05, 3.63) is 0 Å². The highest BCUT2D eigenvalue weighted by Gasteiger charge is 2.69. The van der Waals surface area contributed by atoms with E-state index in [1.165, 1.54) is 0 Å². The summed E-state index contributed by atoms with van der Waals surface area (Å²) in [6, 6.07) is 0. The first-order valence-electron chi connectivity index (χ1n) is 9.36. The predicted octanol–water partition coefficient (Wildman–Crippen LogP) is 5.62. The van der Waals surface area contributed by atoms with E-state index < -0.39 is 17.5 Å². The van der Waals surface area contributed by atoms with E-state index in [-0.39, 0.29) is 41.9 Å². The molecule has 0 bridgehead atoms. The number of halogens is 3. The summed E-state index contributed by atoms with van der Waals surface area (Å²) in [5.41, 5.74) is -2.25. The van der Waals surface area contributed by atoms with Crippen molar-refractivity contribution in [3.8, 4) is 12.3 Å². The molecule has 0 aromatic carbocycles. The third kappa shape index (κ3) is 1.93. The average molecular weight is 324 g/mol. The van der Waals surface area contributed by atoms with Gasteiger partial charge < -0.3 is 0 Å². The zero-order valence-corrected chi connectivity index (χ0v) is 14.0. The second-order valence-electron chi connectivity index (χ2n) is 8.90. The number of fused-ring (bicyclic) bond motifs is 5. The molecule has 3 heteroatoms. The van der Waals surface area contributed by atoms with Gasteiger partial charge in [-0.15, -0.1) is 12.3 Å².